The first kappa shape index (κ1) is 17.3. The highest BCUT2D eigenvalue weighted by atomic mass is 16.5. The molecule has 2 aromatic rings. The maximum absolute atomic E-state index is 12.2. The number of hydrogen-bond acceptors (Lipinski definition) is 4. The minimum absolute atomic E-state index is 0.354. The molecular weight excluding hydrogens is 296 g/mol. The van der Waals surface area contributed by atoms with Crippen molar-refractivity contribution >= 4 is 11.2 Å². The molecule has 0 atom stereocenters. The SMILES string of the molecule is CCCCCCCCOc1nc2c(c(=O)n(C)c(=O)n2C)n1C. The van der Waals surface area contributed by atoms with Gasteiger partial charge in [-0.2, -0.15) is 4.98 Å². The van der Waals surface area contributed by atoms with Crippen LogP contribution in [0.15, 0.2) is 9.59 Å². The van der Waals surface area contributed by atoms with Gasteiger partial charge in [0.25, 0.3) is 11.6 Å². The molecule has 0 aliphatic carbocycles. The van der Waals surface area contributed by atoms with E-state index in [-0.39, 0.29) is 11.2 Å². The second-order valence-electron chi connectivity index (χ2n) is 5.95. The van der Waals surface area contributed by atoms with Gasteiger partial charge < -0.3 is 4.74 Å². The van der Waals surface area contributed by atoms with Crippen molar-refractivity contribution in [2.24, 2.45) is 21.1 Å². The maximum Gasteiger partial charge on any atom is 0.332 e. The number of ether oxygens (including phenoxy) is 1. The zero-order valence-electron chi connectivity index (χ0n) is 14.5. The van der Waals surface area contributed by atoms with Gasteiger partial charge in [0.2, 0.25) is 0 Å². The fourth-order valence-electron chi connectivity index (χ4n) is 2.67. The molecular formula is C16H26N4O3. The zero-order valence-corrected chi connectivity index (χ0v) is 14.5. The lowest BCUT2D eigenvalue weighted by Gasteiger charge is -2.05. The van der Waals surface area contributed by atoms with Crippen LogP contribution in [0.5, 0.6) is 6.01 Å². The molecule has 128 valence electrons. The molecule has 0 aromatic carbocycles. The third-order valence-electron chi connectivity index (χ3n) is 4.16. The Balaban J connectivity index is 2.10. The van der Waals surface area contributed by atoms with Crippen LogP contribution < -0.4 is 16.0 Å². The molecule has 0 radical (unpaired) electrons. The van der Waals surface area contributed by atoms with E-state index in [4.69, 9.17) is 4.74 Å². The van der Waals surface area contributed by atoms with Crippen LogP contribution in [0.2, 0.25) is 0 Å². The summed E-state index contributed by atoms with van der Waals surface area (Å²) >= 11 is 0. The van der Waals surface area contributed by atoms with E-state index in [1.54, 1.807) is 18.7 Å². The van der Waals surface area contributed by atoms with Gasteiger partial charge in [-0.05, 0) is 6.42 Å². The van der Waals surface area contributed by atoms with Crippen LogP contribution in [-0.2, 0) is 21.1 Å². The lowest BCUT2D eigenvalue weighted by atomic mass is 10.1. The molecule has 7 heteroatoms. The van der Waals surface area contributed by atoms with E-state index < -0.39 is 0 Å². The van der Waals surface area contributed by atoms with Crippen molar-refractivity contribution in [1.82, 2.24) is 18.7 Å². The summed E-state index contributed by atoms with van der Waals surface area (Å²) in [6.07, 6.45) is 7.09. The summed E-state index contributed by atoms with van der Waals surface area (Å²) in [7, 11) is 4.81. The minimum Gasteiger partial charge on any atom is -0.465 e. The molecule has 0 bridgehead atoms. The monoisotopic (exact) mass is 322 g/mol. The Bertz CT molecular complexity index is 785. The van der Waals surface area contributed by atoms with Crippen LogP contribution in [0.1, 0.15) is 45.4 Å². The summed E-state index contributed by atoms with van der Waals surface area (Å²) in [4.78, 5) is 28.5. The van der Waals surface area contributed by atoms with Crippen molar-refractivity contribution in [3.05, 3.63) is 20.8 Å². The average molecular weight is 322 g/mol. The fourth-order valence-corrected chi connectivity index (χ4v) is 2.67. The number of fused-ring (bicyclic) bond motifs is 1. The van der Waals surface area contributed by atoms with Gasteiger partial charge in [-0.25, -0.2) is 4.79 Å². The number of aromatic nitrogens is 4. The van der Waals surface area contributed by atoms with Crippen molar-refractivity contribution in [1.29, 1.82) is 0 Å². The summed E-state index contributed by atoms with van der Waals surface area (Å²) in [6, 6.07) is 0.381. The first-order valence-electron chi connectivity index (χ1n) is 8.24. The Hall–Kier alpha value is -2.05. The van der Waals surface area contributed by atoms with Crippen LogP contribution in [-0.4, -0.2) is 25.3 Å². The highest BCUT2D eigenvalue weighted by Gasteiger charge is 2.17. The Morgan fingerprint density at radius 1 is 0.913 bits per heavy atom. The number of unbranched alkanes of at least 4 members (excludes halogenated alkanes) is 5. The van der Waals surface area contributed by atoms with E-state index in [1.165, 1.54) is 37.3 Å². The standard InChI is InChI=1S/C16H26N4O3/c1-5-6-7-8-9-10-11-23-15-17-13-12(18(15)2)14(21)20(4)16(22)19(13)3/h5-11H2,1-4H3. The van der Waals surface area contributed by atoms with Gasteiger partial charge in [0.15, 0.2) is 11.2 Å². The molecule has 23 heavy (non-hydrogen) atoms. The Labute approximate surface area is 135 Å². The summed E-state index contributed by atoms with van der Waals surface area (Å²) in [5.41, 5.74) is 0.00156. The number of aryl methyl sites for hydroxylation is 2. The topological polar surface area (TPSA) is 71.1 Å². The molecule has 0 aliphatic heterocycles. The molecule has 0 unspecified atom stereocenters. The van der Waals surface area contributed by atoms with Gasteiger partial charge in [-0.3, -0.25) is 18.5 Å². The van der Waals surface area contributed by atoms with Crippen molar-refractivity contribution in [2.45, 2.75) is 45.4 Å². The Morgan fingerprint density at radius 2 is 1.57 bits per heavy atom. The predicted octanol–water partition coefficient (Wildman–Crippen LogP) is 1.71. The molecule has 0 aliphatic rings. The van der Waals surface area contributed by atoms with Crippen LogP contribution in [0.25, 0.3) is 11.2 Å². The number of hydrogen-bond donors (Lipinski definition) is 0. The average Bonchev–Trinajstić information content (AvgIpc) is 2.87. The second-order valence-corrected chi connectivity index (χ2v) is 5.95. The smallest absolute Gasteiger partial charge is 0.332 e. The minimum atomic E-state index is -0.386. The summed E-state index contributed by atoms with van der Waals surface area (Å²) < 4.78 is 9.78. The molecule has 0 fully saturated rings. The molecule has 0 amide bonds. The van der Waals surface area contributed by atoms with E-state index in [2.05, 4.69) is 11.9 Å². The summed E-state index contributed by atoms with van der Waals surface area (Å²) in [5, 5.41) is 0. The van der Waals surface area contributed by atoms with Gasteiger partial charge in [0, 0.05) is 21.1 Å². The lowest BCUT2D eigenvalue weighted by molar-refractivity contribution is 0.274. The largest absolute Gasteiger partial charge is 0.465 e. The van der Waals surface area contributed by atoms with Crippen LogP contribution >= 0.6 is 0 Å². The molecule has 2 aromatic heterocycles. The maximum atomic E-state index is 12.2. The lowest BCUT2D eigenvalue weighted by Crippen LogP contribution is -2.37. The van der Waals surface area contributed by atoms with Gasteiger partial charge in [-0.15, -0.1) is 0 Å². The van der Waals surface area contributed by atoms with Gasteiger partial charge in [-0.1, -0.05) is 39.0 Å². The van der Waals surface area contributed by atoms with Crippen molar-refractivity contribution in [2.75, 3.05) is 6.61 Å². The molecule has 2 rings (SSSR count). The van der Waals surface area contributed by atoms with E-state index in [1.807, 2.05) is 0 Å². The fraction of sp³-hybridized carbons (Fsp3) is 0.688. The second kappa shape index (κ2) is 7.48. The molecule has 7 nitrogen and oxygen atoms in total. The van der Waals surface area contributed by atoms with Crippen LogP contribution in [0.4, 0.5) is 0 Å². The normalized spacial score (nSPS) is 11.3. The summed E-state index contributed by atoms with van der Waals surface area (Å²) in [6.45, 7) is 2.77. The van der Waals surface area contributed by atoms with E-state index in [0.29, 0.717) is 23.8 Å². The van der Waals surface area contributed by atoms with Gasteiger partial charge >= 0.3 is 5.69 Å². The van der Waals surface area contributed by atoms with Gasteiger partial charge in [0.1, 0.15) is 0 Å². The highest BCUT2D eigenvalue weighted by molar-refractivity contribution is 5.71. The third-order valence-corrected chi connectivity index (χ3v) is 4.16. The Kier molecular flexibility index (Phi) is 5.63. The van der Waals surface area contributed by atoms with E-state index in [9.17, 15) is 9.59 Å². The van der Waals surface area contributed by atoms with Crippen LogP contribution in [0.3, 0.4) is 0 Å². The molecule has 2 heterocycles. The number of imidazole rings is 1. The molecule has 0 spiro atoms. The third kappa shape index (κ3) is 3.48. The van der Waals surface area contributed by atoms with Crippen molar-refractivity contribution in [3.63, 3.8) is 0 Å². The first-order chi connectivity index (χ1) is 11.0. The zero-order chi connectivity index (χ0) is 17.0. The number of nitrogens with zero attached hydrogens (tertiary/aromatic N) is 4. The first-order valence-corrected chi connectivity index (χ1v) is 8.24. The predicted molar refractivity (Wildman–Crippen MR) is 90.1 cm³/mol. The molecule has 0 N–H and O–H groups in total. The summed E-state index contributed by atoms with van der Waals surface area (Å²) in [5.74, 6) is 0. The van der Waals surface area contributed by atoms with Crippen LogP contribution in [0, 0.1) is 0 Å². The van der Waals surface area contributed by atoms with Crippen molar-refractivity contribution in [3.8, 4) is 6.01 Å². The highest BCUT2D eigenvalue weighted by Crippen LogP contribution is 2.16. The Morgan fingerprint density at radius 3 is 2.26 bits per heavy atom. The van der Waals surface area contributed by atoms with E-state index >= 15 is 0 Å². The quantitative estimate of drug-likeness (QED) is 0.694. The number of rotatable bonds is 8. The molecule has 0 saturated carbocycles. The van der Waals surface area contributed by atoms with E-state index in [0.717, 1.165) is 17.4 Å². The molecule has 0 saturated heterocycles. The van der Waals surface area contributed by atoms with Gasteiger partial charge in [0.05, 0.1) is 6.61 Å². The van der Waals surface area contributed by atoms with Crippen molar-refractivity contribution < 1.29 is 4.74 Å².